The zero-order chi connectivity index (χ0) is 16.9. The SMILES string of the molecule is Cc1ccccc1OCc1nc(SCc2ccc(Br)cc2F)n[nH]1. The van der Waals surface area contributed by atoms with Gasteiger partial charge in [0, 0.05) is 10.2 Å². The van der Waals surface area contributed by atoms with E-state index >= 15 is 0 Å². The molecule has 0 bridgehead atoms. The molecule has 3 aromatic rings. The first kappa shape index (κ1) is 17.0. The normalized spacial score (nSPS) is 10.8. The predicted molar refractivity (Wildman–Crippen MR) is 95.6 cm³/mol. The lowest BCUT2D eigenvalue weighted by Gasteiger charge is -2.06. The fraction of sp³-hybridized carbons (Fsp3) is 0.176. The van der Waals surface area contributed by atoms with Gasteiger partial charge in [0.15, 0.2) is 5.82 Å². The third kappa shape index (κ3) is 4.36. The van der Waals surface area contributed by atoms with Crippen molar-refractivity contribution in [2.24, 2.45) is 0 Å². The summed E-state index contributed by atoms with van der Waals surface area (Å²) in [5.74, 6) is 1.68. The van der Waals surface area contributed by atoms with E-state index < -0.39 is 0 Å². The maximum Gasteiger partial charge on any atom is 0.208 e. The number of benzene rings is 2. The summed E-state index contributed by atoms with van der Waals surface area (Å²) in [7, 11) is 0. The van der Waals surface area contributed by atoms with E-state index in [1.54, 1.807) is 6.07 Å². The Labute approximate surface area is 152 Å². The van der Waals surface area contributed by atoms with Crippen LogP contribution in [-0.4, -0.2) is 15.2 Å². The standard InChI is InChI=1S/C17H15BrFN3OS/c1-11-4-2-3-5-15(11)23-9-16-20-17(22-21-16)24-10-12-6-7-13(18)8-14(12)19/h2-8H,9-10H2,1H3,(H,20,21,22). The van der Waals surface area contributed by atoms with Gasteiger partial charge in [-0.05, 0) is 36.2 Å². The molecule has 7 heteroatoms. The number of thioether (sulfide) groups is 1. The van der Waals surface area contributed by atoms with Crippen LogP contribution in [0.3, 0.4) is 0 Å². The number of para-hydroxylation sites is 1. The van der Waals surface area contributed by atoms with Crippen molar-refractivity contribution in [1.29, 1.82) is 0 Å². The van der Waals surface area contributed by atoms with Crippen LogP contribution in [0.2, 0.25) is 0 Å². The number of aromatic nitrogens is 3. The van der Waals surface area contributed by atoms with Crippen molar-refractivity contribution in [2.75, 3.05) is 0 Å². The lowest BCUT2D eigenvalue weighted by Crippen LogP contribution is -1.98. The third-order valence-electron chi connectivity index (χ3n) is 3.34. The number of ether oxygens (including phenoxy) is 1. The number of hydrogen-bond acceptors (Lipinski definition) is 4. The van der Waals surface area contributed by atoms with Gasteiger partial charge < -0.3 is 4.74 Å². The Hall–Kier alpha value is -1.86. The van der Waals surface area contributed by atoms with Gasteiger partial charge in [0.2, 0.25) is 5.16 Å². The summed E-state index contributed by atoms with van der Waals surface area (Å²) < 4.78 is 20.2. The molecule has 1 aromatic heterocycles. The maximum atomic E-state index is 13.8. The summed E-state index contributed by atoms with van der Waals surface area (Å²) in [6.45, 7) is 2.30. The second-order valence-electron chi connectivity index (χ2n) is 5.14. The molecule has 4 nitrogen and oxygen atoms in total. The largest absolute Gasteiger partial charge is 0.485 e. The highest BCUT2D eigenvalue weighted by Crippen LogP contribution is 2.23. The van der Waals surface area contributed by atoms with Gasteiger partial charge in [0.05, 0.1) is 0 Å². The van der Waals surface area contributed by atoms with Crippen molar-refractivity contribution in [3.8, 4) is 5.75 Å². The lowest BCUT2D eigenvalue weighted by atomic mass is 10.2. The van der Waals surface area contributed by atoms with E-state index in [1.807, 2.05) is 37.3 Å². The highest BCUT2D eigenvalue weighted by atomic mass is 79.9. The smallest absolute Gasteiger partial charge is 0.208 e. The molecule has 0 saturated heterocycles. The second-order valence-corrected chi connectivity index (χ2v) is 7.00. The Morgan fingerprint density at radius 3 is 2.88 bits per heavy atom. The molecular weight excluding hydrogens is 393 g/mol. The third-order valence-corrected chi connectivity index (χ3v) is 4.73. The Balaban J connectivity index is 1.56. The first-order chi connectivity index (χ1) is 11.6. The zero-order valence-electron chi connectivity index (χ0n) is 12.9. The van der Waals surface area contributed by atoms with Crippen LogP contribution in [-0.2, 0) is 12.4 Å². The van der Waals surface area contributed by atoms with Crippen LogP contribution in [0, 0.1) is 12.7 Å². The van der Waals surface area contributed by atoms with Crippen LogP contribution < -0.4 is 4.74 Å². The van der Waals surface area contributed by atoms with Crippen LogP contribution in [0.4, 0.5) is 4.39 Å². The number of aryl methyl sites for hydroxylation is 1. The highest BCUT2D eigenvalue weighted by Gasteiger charge is 2.08. The van der Waals surface area contributed by atoms with Crippen molar-refractivity contribution in [3.05, 3.63) is 69.7 Å². The molecule has 0 amide bonds. The number of nitrogens with zero attached hydrogens (tertiary/aromatic N) is 2. The van der Waals surface area contributed by atoms with Gasteiger partial charge in [-0.15, -0.1) is 5.10 Å². The number of aromatic amines is 1. The molecule has 0 unspecified atom stereocenters. The molecule has 0 saturated carbocycles. The van der Waals surface area contributed by atoms with Gasteiger partial charge >= 0.3 is 0 Å². The summed E-state index contributed by atoms with van der Waals surface area (Å²) >= 11 is 4.62. The van der Waals surface area contributed by atoms with E-state index in [4.69, 9.17) is 4.74 Å². The lowest BCUT2D eigenvalue weighted by molar-refractivity contribution is 0.294. The Kier molecular flexibility index (Phi) is 5.52. The van der Waals surface area contributed by atoms with E-state index in [1.165, 1.54) is 17.8 Å². The van der Waals surface area contributed by atoms with Gasteiger partial charge in [0.25, 0.3) is 0 Å². The minimum Gasteiger partial charge on any atom is -0.485 e. The number of hydrogen-bond donors (Lipinski definition) is 1. The minimum absolute atomic E-state index is 0.240. The van der Waals surface area contributed by atoms with Crippen molar-refractivity contribution in [3.63, 3.8) is 0 Å². The number of rotatable bonds is 6. The van der Waals surface area contributed by atoms with E-state index in [9.17, 15) is 4.39 Å². The monoisotopic (exact) mass is 407 g/mol. The van der Waals surface area contributed by atoms with Gasteiger partial charge in [-0.25, -0.2) is 9.37 Å². The molecule has 0 aliphatic rings. The summed E-state index contributed by atoms with van der Waals surface area (Å²) in [4.78, 5) is 4.36. The first-order valence-corrected chi connectivity index (χ1v) is 9.06. The summed E-state index contributed by atoms with van der Waals surface area (Å²) in [5.41, 5.74) is 1.68. The maximum absolute atomic E-state index is 13.8. The second kappa shape index (κ2) is 7.81. The fourth-order valence-electron chi connectivity index (χ4n) is 2.05. The van der Waals surface area contributed by atoms with Crippen molar-refractivity contribution in [1.82, 2.24) is 15.2 Å². The molecule has 0 fully saturated rings. The van der Waals surface area contributed by atoms with E-state index in [0.29, 0.717) is 28.9 Å². The van der Waals surface area contributed by atoms with Crippen molar-refractivity contribution in [2.45, 2.75) is 24.4 Å². The van der Waals surface area contributed by atoms with E-state index in [-0.39, 0.29) is 5.82 Å². The van der Waals surface area contributed by atoms with Gasteiger partial charge in [0.1, 0.15) is 18.2 Å². The number of H-pyrrole nitrogens is 1. The van der Waals surface area contributed by atoms with E-state index in [2.05, 4.69) is 31.1 Å². The molecule has 1 heterocycles. The van der Waals surface area contributed by atoms with Crippen molar-refractivity contribution < 1.29 is 9.13 Å². The van der Waals surface area contributed by atoms with Gasteiger partial charge in [-0.3, -0.25) is 5.10 Å². The van der Waals surface area contributed by atoms with Crippen LogP contribution in [0.15, 0.2) is 52.1 Å². The molecule has 0 aliphatic carbocycles. The average Bonchev–Trinajstić information content (AvgIpc) is 3.01. The van der Waals surface area contributed by atoms with Crippen LogP contribution >= 0.6 is 27.7 Å². The number of nitrogens with one attached hydrogen (secondary N) is 1. The molecule has 2 aromatic carbocycles. The first-order valence-electron chi connectivity index (χ1n) is 7.28. The molecular formula is C17H15BrFN3OS. The minimum atomic E-state index is -0.240. The Morgan fingerprint density at radius 2 is 2.08 bits per heavy atom. The van der Waals surface area contributed by atoms with Gasteiger partial charge in [-0.1, -0.05) is 52.0 Å². The zero-order valence-corrected chi connectivity index (χ0v) is 15.3. The predicted octanol–water partition coefficient (Wildman–Crippen LogP) is 4.89. The molecule has 124 valence electrons. The quantitative estimate of drug-likeness (QED) is 0.591. The molecule has 1 N–H and O–H groups in total. The summed E-state index contributed by atoms with van der Waals surface area (Å²) in [5, 5.41) is 7.55. The molecule has 0 spiro atoms. The van der Waals surface area contributed by atoms with Crippen LogP contribution in [0.25, 0.3) is 0 Å². The molecule has 0 radical (unpaired) electrons. The summed E-state index contributed by atoms with van der Waals surface area (Å²) in [6.07, 6.45) is 0. The molecule has 3 rings (SSSR count). The number of halogens is 2. The van der Waals surface area contributed by atoms with Crippen molar-refractivity contribution >= 4 is 27.7 Å². The highest BCUT2D eigenvalue weighted by molar-refractivity contribution is 9.10. The fourth-order valence-corrected chi connectivity index (χ4v) is 3.19. The van der Waals surface area contributed by atoms with Crippen LogP contribution in [0.5, 0.6) is 5.75 Å². The van der Waals surface area contributed by atoms with E-state index in [0.717, 1.165) is 15.8 Å². The molecule has 0 aliphatic heterocycles. The molecule has 24 heavy (non-hydrogen) atoms. The molecule has 0 atom stereocenters. The summed E-state index contributed by atoms with van der Waals surface area (Å²) in [6, 6.07) is 12.8. The van der Waals surface area contributed by atoms with Gasteiger partial charge in [-0.2, -0.15) is 0 Å². The topological polar surface area (TPSA) is 50.8 Å². The average molecular weight is 408 g/mol. The Bertz CT molecular complexity index is 840. The van der Waals surface area contributed by atoms with Crippen LogP contribution in [0.1, 0.15) is 17.0 Å². The Morgan fingerprint density at radius 1 is 1.25 bits per heavy atom.